The van der Waals surface area contributed by atoms with Crippen LogP contribution in [-0.2, 0) is 0 Å². The van der Waals surface area contributed by atoms with E-state index < -0.39 is 0 Å². The van der Waals surface area contributed by atoms with Gasteiger partial charge in [0, 0.05) is 18.0 Å². The Labute approximate surface area is 74.8 Å². The van der Waals surface area contributed by atoms with Gasteiger partial charge in [-0.25, -0.2) is 0 Å². The molecule has 0 unspecified atom stereocenters. The van der Waals surface area contributed by atoms with E-state index in [-0.39, 0.29) is 5.43 Å². The predicted octanol–water partition coefficient (Wildman–Crippen LogP) is 2.47. The summed E-state index contributed by atoms with van der Waals surface area (Å²) in [5.41, 5.74) is 0.776. The molecule has 0 amide bonds. The molecular formula is C8H12BrNO. The van der Waals surface area contributed by atoms with Crippen molar-refractivity contribution >= 4 is 15.9 Å². The third-order valence-corrected chi connectivity index (χ3v) is 1.67. The van der Waals surface area contributed by atoms with Crippen molar-refractivity contribution in [1.82, 2.24) is 4.98 Å². The summed E-state index contributed by atoms with van der Waals surface area (Å²) in [6, 6.07) is 0. The average Bonchev–Trinajstić information content (AvgIpc) is 2.04. The summed E-state index contributed by atoms with van der Waals surface area (Å²) in [6.07, 6.45) is 3.29. The zero-order chi connectivity index (χ0) is 8.85. The summed E-state index contributed by atoms with van der Waals surface area (Å²) >= 11 is 3.10. The number of nitrogens with one attached hydrogen (secondary N) is 1. The summed E-state index contributed by atoms with van der Waals surface area (Å²) in [5.74, 6) is 0. The molecule has 11 heavy (non-hydrogen) atoms. The third-order valence-electron chi connectivity index (χ3n) is 1.08. The van der Waals surface area contributed by atoms with Crippen LogP contribution in [-0.4, -0.2) is 4.98 Å². The molecule has 0 spiro atoms. The van der Waals surface area contributed by atoms with E-state index in [2.05, 4.69) is 20.9 Å². The first-order valence-corrected chi connectivity index (χ1v) is 4.34. The Morgan fingerprint density at radius 3 is 2.27 bits per heavy atom. The molecule has 0 aromatic carbocycles. The number of H-pyrrole nitrogens is 1. The zero-order valence-corrected chi connectivity index (χ0v) is 8.53. The lowest BCUT2D eigenvalue weighted by atomic mass is 10.3. The molecule has 0 aliphatic rings. The first-order valence-electron chi connectivity index (χ1n) is 3.55. The molecule has 0 fully saturated rings. The Morgan fingerprint density at radius 2 is 1.91 bits per heavy atom. The van der Waals surface area contributed by atoms with Gasteiger partial charge in [-0.1, -0.05) is 13.8 Å². The maximum atomic E-state index is 10.9. The van der Waals surface area contributed by atoms with Gasteiger partial charge in [0.15, 0.2) is 5.43 Å². The average molecular weight is 218 g/mol. The quantitative estimate of drug-likeness (QED) is 0.712. The molecule has 1 aromatic heterocycles. The molecule has 0 saturated heterocycles. The van der Waals surface area contributed by atoms with Crippen molar-refractivity contribution in [3.63, 3.8) is 0 Å². The lowest BCUT2D eigenvalue weighted by Crippen LogP contribution is -2.04. The van der Waals surface area contributed by atoms with Crippen LogP contribution in [0, 0.1) is 6.92 Å². The van der Waals surface area contributed by atoms with E-state index in [0.717, 1.165) is 5.56 Å². The second-order valence-corrected chi connectivity index (χ2v) is 2.67. The van der Waals surface area contributed by atoms with E-state index in [0.29, 0.717) is 4.47 Å². The van der Waals surface area contributed by atoms with Crippen molar-refractivity contribution in [1.29, 1.82) is 0 Å². The first-order chi connectivity index (χ1) is 5.22. The normalized spacial score (nSPS) is 8.36. The number of aromatic amines is 1. The van der Waals surface area contributed by atoms with Gasteiger partial charge in [-0.2, -0.15) is 0 Å². The van der Waals surface area contributed by atoms with Crippen LogP contribution < -0.4 is 5.43 Å². The number of halogens is 1. The second-order valence-electron chi connectivity index (χ2n) is 1.82. The minimum absolute atomic E-state index is 0.0498. The second kappa shape index (κ2) is 5.13. The van der Waals surface area contributed by atoms with Gasteiger partial charge in [-0.05, 0) is 22.9 Å². The van der Waals surface area contributed by atoms with Gasteiger partial charge in [-0.3, -0.25) is 4.79 Å². The Bertz CT molecular complexity index is 244. The molecule has 0 aliphatic heterocycles. The number of aryl methyl sites for hydroxylation is 1. The van der Waals surface area contributed by atoms with Crippen molar-refractivity contribution in [2.45, 2.75) is 20.8 Å². The molecule has 0 saturated carbocycles. The van der Waals surface area contributed by atoms with Gasteiger partial charge in [0.1, 0.15) is 0 Å². The first kappa shape index (κ1) is 10.4. The zero-order valence-electron chi connectivity index (χ0n) is 6.94. The van der Waals surface area contributed by atoms with Gasteiger partial charge in [0.25, 0.3) is 0 Å². The van der Waals surface area contributed by atoms with Crippen LogP contribution in [0.1, 0.15) is 19.4 Å². The fraction of sp³-hybridized carbons (Fsp3) is 0.375. The highest BCUT2D eigenvalue weighted by molar-refractivity contribution is 9.10. The van der Waals surface area contributed by atoms with E-state index in [1.54, 1.807) is 19.3 Å². The van der Waals surface area contributed by atoms with Gasteiger partial charge < -0.3 is 4.98 Å². The van der Waals surface area contributed by atoms with Crippen LogP contribution in [0.15, 0.2) is 21.7 Å². The van der Waals surface area contributed by atoms with Gasteiger partial charge in [0.05, 0.1) is 4.47 Å². The number of pyridine rings is 1. The highest BCUT2D eigenvalue weighted by Crippen LogP contribution is 1.99. The standard InChI is InChI=1S/C6H6BrNO.C2H6/c1-4-2-8-3-5(7)6(4)9;1-2/h2-3H,1H3,(H,8,9);1-2H3. The van der Waals surface area contributed by atoms with E-state index in [9.17, 15) is 4.79 Å². The molecule has 0 radical (unpaired) electrons. The monoisotopic (exact) mass is 217 g/mol. The molecule has 1 rings (SSSR count). The SMILES string of the molecule is CC.Cc1c[nH]cc(Br)c1=O. The molecule has 62 valence electrons. The molecule has 1 heterocycles. The van der Waals surface area contributed by atoms with Crippen LogP contribution >= 0.6 is 15.9 Å². The summed E-state index contributed by atoms with van der Waals surface area (Å²) in [7, 11) is 0. The molecule has 1 N–H and O–H groups in total. The van der Waals surface area contributed by atoms with Crippen molar-refractivity contribution in [3.05, 3.63) is 32.7 Å². The van der Waals surface area contributed by atoms with E-state index in [4.69, 9.17) is 0 Å². The summed E-state index contributed by atoms with van der Waals surface area (Å²) in [5, 5.41) is 0. The predicted molar refractivity (Wildman–Crippen MR) is 50.8 cm³/mol. The minimum Gasteiger partial charge on any atom is -0.366 e. The van der Waals surface area contributed by atoms with Crippen molar-refractivity contribution in [2.24, 2.45) is 0 Å². The van der Waals surface area contributed by atoms with E-state index in [1.807, 2.05) is 13.8 Å². The summed E-state index contributed by atoms with van der Waals surface area (Å²) in [6.45, 7) is 5.77. The Hall–Kier alpha value is -0.570. The number of hydrogen-bond acceptors (Lipinski definition) is 1. The third kappa shape index (κ3) is 2.89. The minimum atomic E-state index is 0.0498. The van der Waals surface area contributed by atoms with Crippen molar-refractivity contribution < 1.29 is 0 Å². The summed E-state index contributed by atoms with van der Waals surface area (Å²) in [4.78, 5) is 13.7. The topological polar surface area (TPSA) is 32.9 Å². The fourth-order valence-electron chi connectivity index (χ4n) is 0.559. The van der Waals surface area contributed by atoms with Gasteiger partial charge >= 0.3 is 0 Å². The maximum absolute atomic E-state index is 10.9. The molecule has 3 heteroatoms. The smallest absolute Gasteiger partial charge is 0.198 e. The van der Waals surface area contributed by atoms with E-state index >= 15 is 0 Å². The van der Waals surface area contributed by atoms with Crippen molar-refractivity contribution in [3.8, 4) is 0 Å². The largest absolute Gasteiger partial charge is 0.366 e. The fourth-order valence-corrected chi connectivity index (χ4v) is 1.00. The number of hydrogen-bond donors (Lipinski definition) is 1. The molecule has 1 aromatic rings. The molecular weight excluding hydrogens is 206 g/mol. The van der Waals surface area contributed by atoms with Crippen LogP contribution in [0.25, 0.3) is 0 Å². The number of aromatic nitrogens is 1. The van der Waals surface area contributed by atoms with Crippen LogP contribution in [0.2, 0.25) is 0 Å². The Balaban J connectivity index is 0.000000461. The molecule has 0 bridgehead atoms. The van der Waals surface area contributed by atoms with Gasteiger partial charge in [-0.15, -0.1) is 0 Å². The summed E-state index contributed by atoms with van der Waals surface area (Å²) < 4.78 is 0.586. The highest BCUT2D eigenvalue weighted by atomic mass is 79.9. The van der Waals surface area contributed by atoms with E-state index in [1.165, 1.54) is 0 Å². The number of rotatable bonds is 0. The highest BCUT2D eigenvalue weighted by Gasteiger charge is 1.94. The lowest BCUT2D eigenvalue weighted by molar-refractivity contribution is 1.21. The van der Waals surface area contributed by atoms with Gasteiger partial charge in [0.2, 0.25) is 0 Å². The Morgan fingerprint density at radius 1 is 1.36 bits per heavy atom. The molecule has 2 nitrogen and oxygen atoms in total. The lowest BCUT2D eigenvalue weighted by Gasteiger charge is -1.89. The van der Waals surface area contributed by atoms with Crippen molar-refractivity contribution in [2.75, 3.05) is 0 Å². The molecule has 0 aliphatic carbocycles. The van der Waals surface area contributed by atoms with Crippen LogP contribution in [0.4, 0.5) is 0 Å². The maximum Gasteiger partial charge on any atom is 0.198 e. The molecule has 0 atom stereocenters. The Kier molecular flexibility index (Phi) is 4.86. The van der Waals surface area contributed by atoms with Crippen LogP contribution in [0.3, 0.4) is 0 Å². The van der Waals surface area contributed by atoms with Crippen LogP contribution in [0.5, 0.6) is 0 Å².